The molecule has 2 nitrogen and oxygen atoms in total. The van der Waals surface area contributed by atoms with E-state index in [-0.39, 0.29) is 0 Å². The Morgan fingerprint density at radius 1 is 1.20 bits per heavy atom. The lowest BCUT2D eigenvalue weighted by molar-refractivity contribution is 0.382. The molecule has 0 saturated carbocycles. The van der Waals surface area contributed by atoms with Crippen molar-refractivity contribution >= 4 is 0 Å². The highest BCUT2D eigenvalue weighted by atomic mass is 15.1. The molecule has 2 unspecified atom stereocenters. The third-order valence-electron chi connectivity index (χ3n) is 4.33. The van der Waals surface area contributed by atoms with Gasteiger partial charge < -0.3 is 10.2 Å². The largest absolute Gasteiger partial charge is 0.310 e. The first-order valence-electron chi connectivity index (χ1n) is 8.05. The number of nitrogens with one attached hydrogen (secondary N) is 1. The van der Waals surface area contributed by atoms with Gasteiger partial charge in [-0.2, -0.15) is 0 Å². The molecule has 1 saturated heterocycles. The molecule has 0 aliphatic carbocycles. The third-order valence-corrected chi connectivity index (χ3v) is 4.33. The van der Waals surface area contributed by atoms with Gasteiger partial charge in [-0.05, 0) is 62.9 Å². The summed E-state index contributed by atoms with van der Waals surface area (Å²) in [4.78, 5) is 2.43. The first-order valence-corrected chi connectivity index (χ1v) is 8.05. The van der Waals surface area contributed by atoms with Crippen molar-refractivity contribution < 1.29 is 0 Å². The van der Waals surface area contributed by atoms with E-state index < -0.39 is 0 Å². The Balaban J connectivity index is 1.81. The number of rotatable bonds is 6. The van der Waals surface area contributed by atoms with Crippen molar-refractivity contribution in [2.75, 3.05) is 26.7 Å². The minimum atomic E-state index is 0.453. The maximum absolute atomic E-state index is 3.69. The number of hydrogen-bond acceptors (Lipinski definition) is 2. The summed E-state index contributed by atoms with van der Waals surface area (Å²) in [6, 6.07) is 9.61. The van der Waals surface area contributed by atoms with Crippen molar-refractivity contribution in [3.8, 4) is 0 Å². The van der Waals surface area contributed by atoms with E-state index in [0.29, 0.717) is 6.04 Å². The summed E-state index contributed by atoms with van der Waals surface area (Å²) in [5.41, 5.74) is 2.86. The summed E-state index contributed by atoms with van der Waals surface area (Å²) in [6.45, 7) is 10.5. The predicted octanol–water partition coefficient (Wildman–Crippen LogP) is 3.49. The average Bonchev–Trinajstić information content (AvgIpc) is 2.82. The molecular weight excluding hydrogens is 244 g/mol. The molecule has 1 fully saturated rings. The third kappa shape index (κ3) is 4.60. The van der Waals surface area contributed by atoms with Crippen LogP contribution in [0.15, 0.2) is 24.3 Å². The summed E-state index contributed by atoms with van der Waals surface area (Å²) in [5, 5.41) is 3.69. The van der Waals surface area contributed by atoms with Crippen LogP contribution in [0.3, 0.4) is 0 Å². The van der Waals surface area contributed by atoms with Crippen molar-refractivity contribution in [2.45, 2.75) is 39.7 Å². The van der Waals surface area contributed by atoms with Crippen LogP contribution in [0, 0.1) is 11.8 Å². The van der Waals surface area contributed by atoms with Gasteiger partial charge >= 0.3 is 0 Å². The van der Waals surface area contributed by atoms with Gasteiger partial charge in [0.1, 0.15) is 0 Å². The van der Waals surface area contributed by atoms with Crippen LogP contribution in [-0.2, 0) is 6.42 Å². The maximum Gasteiger partial charge on any atom is 0.0291 e. The Bertz CT molecular complexity index is 396. The Morgan fingerprint density at radius 3 is 2.45 bits per heavy atom. The van der Waals surface area contributed by atoms with Gasteiger partial charge in [0.25, 0.3) is 0 Å². The molecule has 2 rings (SSSR count). The molecule has 20 heavy (non-hydrogen) atoms. The molecule has 1 aliphatic heterocycles. The van der Waals surface area contributed by atoms with Gasteiger partial charge in [0.05, 0.1) is 0 Å². The zero-order valence-electron chi connectivity index (χ0n) is 13.5. The Kier molecular flexibility index (Phi) is 5.62. The van der Waals surface area contributed by atoms with Gasteiger partial charge in [0.15, 0.2) is 0 Å². The number of benzene rings is 1. The first kappa shape index (κ1) is 15.5. The lowest BCUT2D eigenvalue weighted by atomic mass is 9.99. The van der Waals surface area contributed by atoms with E-state index in [1.54, 1.807) is 0 Å². The fourth-order valence-corrected chi connectivity index (χ4v) is 3.07. The summed E-state index contributed by atoms with van der Waals surface area (Å²) < 4.78 is 0. The maximum atomic E-state index is 3.69. The van der Waals surface area contributed by atoms with Gasteiger partial charge in [-0.3, -0.25) is 0 Å². The van der Waals surface area contributed by atoms with Crippen LogP contribution in [0.4, 0.5) is 0 Å². The van der Waals surface area contributed by atoms with Crippen LogP contribution < -0.4 is 5.32 Å². The van der Waals surface area contributed by atoms with Gasteiger partial charge in [-0.15, -0.1) is 0 Å². The van der Waals surface area contributed by atoms with Crippen molar-refractivity contribution in [3.63, 3.8) is 0 Å². The zero-order chi connectivity index (χ0) is 14.5. The standard InChI is InChI=1S/C18H30N2/c1-14(2)11-16-5-7-18(8-6-16)15(3)19-12-17-9-10-20(4)13-17/h5-8,14-15,17,19H,9-13H2,1-4H3. The summed E-state index contributed by atoms with van der Waals surface area (Å²) in [6.07, 6.45) is 2.51. The summed E-state index contributed by atoms with van der Waals surface area (Å²) >= 11 is 0. The van der Waals surface area contributed by atoms with Crippen molar-refractivity contribution in [3.05, 3.63) is 35.4 Å². The predicted molar refractivity (Wildman–Crippen MR) is 87.0 cm³/mol. The van der Waals surface area contributed by atoms with Gasteiger partial charge in [-0.25, -0.2) is 0 Å². The van der Waals surface area contributed by atoms with Crippen LogP contribution in [0.25, 0.3) is 0 Å². The van der Waals surface area contributed by atoms with Gasteiger partial charge in [-0.1, -0.05) is 38.1 Å². The van der Waals surface area contributed by atoms with Crippen LogP contribution >= 0.6 is 0 Å². The fraction of sp³-hybridized carbons (Fsp3) is 0.667. The molecule has 2 atom stereocenters. The van der Waals surface area contributed by atoms with Crippen molar-refractivity contribution in [1.29, 1.82) is 0 Å². The van der Waals surface area contributed by atoms with E-state index in [0.717, 1.165) is 18.4 Å². The van der Waals surface area contributed by atoms with Crippen LogP contribution in [0.1, 0.15) is 44.4 Å². The van der Waals surface area contributed by atoms with E-state index >= 15 is 0 Å². The molecular formula is C18H30N2. The minimum absolute atomic E-state index is 0.453. The van der Waals surface area contributed by atoms with E-state index in [2.05, 4.69) is 62.3 Å². The highest BCUT2D eigenvalue weighted by molar-refractivity contribution is 5.25. The van der Waals surface area contributed by atoms with Crippen LogP contribution in [0.2, 0.25) is 0 Å². The minimum Gasteiger partial charge on any atom is -0.310 e. The molecule has 1 heterocycles. The van der Waals surface area contributed by atoms with E-state index in [4.69, 9.17) is 0 Å². The monoisotopic (exact) mass is 274 g/mol. The smallest absolute Gasteiger partial charge is 0.0291 e. The molecule has 0 amide bonds. The molecule has 1 N–H and O–H groups in total. The number of hydrogen-bond donors (Lipinski definition) is 1. The lowest BCUT2D eigenvalue weighted by Crippen LogP contribution is -2.27. The average molecular weight is 274 g/mol. The van der Waals surface area contributed by atoms with E-state index in [1.807, 2.05) is 0 Å². The molecule has 1 aromatic carbocycles. The second-order valence-electron chi connectivity index (χ2n) is 6.89. The second kappa shape index (κ2) is 7.24. The molecule has 1 aromatic rings. The molecule has 0 aromatic heterocycles. The highest BCUT2D eigenvalue weighted by Gasteiger charge is 2.19. The Hall–Kier alpha value is -0.860. The quantitative estimate of drug-likeness (QED) is 0.854. The zero-order valence-corrected chi connectivity index (χ0v) is 13.5. The number of nitrogens with zero attached hydrogens (tertiary/aromatic N) is 1. The normalized spacial score (nSPS) is 21.6. The molecule has 112 valence electrons. The Labute approximate surface area is 124 Å². The molecule has 0 bridgehead atoms. The van der Waals surface area contributed by atoms with Crippen molar-refractivity contribution in [2.24, 2.45) is 11.8 Å². The lowest BCUT2D eigenvalue weighted by Gasteiger charge is -2.18. The molecule has 0 radical (unpaired) electrons. The first-order chi connectivity index (χ1) is 9.54. The topological polar surface area (TPSA) is 15.3 Å². The second-order valence-corrected chi connectivity index (χ2v) is 6.89. The Morgan fingerprint density at radius 2 is 1.90 bits per heavy atom. The van der Waals surface area contributed by atoms with Crippen LogP contribution in [0.5, 0.6) is 0 Å². The summed E-state index contributed by atoms with van der Waals surface area (Å²) in [5.74, 6) is 1.55. The molecule has 2 heteroatoms. The molecule has 1 aliphatic rings. The van der Waals surface area contributed by atoms with Crippen molar-refractivity contribution in [1.82, 2.24) is 10.2 Å². The van der Waals surface area contributed by atoms with E-state index in [9.17, 15) is 0 Å². The molecule has 0 spiro atoms. The number of likely N-dealkylation sites (tertiary alicyclic amines) is 1. The SMILES string of the molecule is CC(C)Cc1ccc(C(C)NCC2CCN(C)C2)cc1. The van der Waals surface area contributed by atoms with Gasteiger partial charge in [0, 0.05) is 12.6 Å². The van der Waals surface area contributed by atoms with Gasteiger partial charge in [0.2, 0.25) is 0 Å². The summed E-state index contributed by atoms with van der Waals surface area (Å²) in [7, 11) is 2.22. The fourth-order valence-electron chi connectivity index (χ4n) is 3.07. The highest BCUT2D eigenvalue weighted by Crippen LogP contribution is 2.18. The van der Waals surface area contributed by atoms with E-state index in [1.165, 1.54) is 37.1 Å². The van der Waals surface area contributed by atoms with Crippen LogP contribution in [-0.4, -0.2) is 31.6 Å².